The van der Waals surface area contributed by atoms with E-state index in [-0.39, 0.29) is 11.9 Å². The maximum absolute atomic E-state index is 12.5. The van der Waals surface area contributed by atoms with Crippen LogP contribution in [0.15, 0.2) is 40.2 Å². The number of rotatable bonds is 2. The number of fused-ring (bicyclic) bond motifs is 1. The van der Waals surface area contributed by atoms with Crippen LogP contribution in [0, 0.1) is 0 Å². The van der Waals surface area contributed by atoms with Crippen LogP contribution in [0.2, 0.25) is 0 Å². The fourth-order valence-electron chi connectivity index (χ4n) is 2.63. The van der Waals surface area contributed by atoms with Gasteiger partial charge in [0.25, 0.3) is 0 Å². The third kappa shape index (κ3) is 2.47. The molecular weight excluding hydrogens is 322 g/mol. The molecule has 2 heterocycles. The molecule has 98 valence electrons. The number of anilines is 1. The van der Waals surface area contributed by atoms with Crippen LogP contribution in [0.3, 0.4) is 0 Å². The molecule has 0 unspecified atom stereocenters. The number of carbonyl (C=O) groups excluding carboxylic acids is 1. The number of benzene rings is 1. The van der Waals surface area contributed by atoms with Crippen molar-refractivity contribution in [1.82, 2.24) is 0 Å². The number of hydrogen-bond acceptors (Lipinski definition) is 2. The molecule has 19 heavy (non-hydrogen) atoms. The van der Waals surface area contributed by atoms with Crippen molar-refractivity contribution < 1.29 is 4.79 Å². The van der Waals surface area contributed by atoms with Gasteiger partial charge < -0.3 is 4.90 Å². The Morgan fingerprint density at radius 1 is 1.47 bits per heavy atom. The highest BCUT2D eigenvalue weighted by Crippen LogP contribution is 2.34. The Morgan fingerprint density at radius 2 is 2.32 bits per heavy atom. The van der Waals surface area contributed by atoms with Crippen LogP contribution in [0.1, 0.15) is 17.4 Å². The fourth-order valence-corrected chi connectivity index (χ4v) is 3.73. The molecule has 0 bridgehead atoms. The molecule has 0 N–H and O–H groups in total. The molecule has 4 heteroatoms. The Kier molecular flexibility index (Phi) is 3.46. The van der Waals surface area contributed by atoms with E-state index in [2.05, 4.69) is 28.9 Å². The molecular formula is C15H14BrNOS. The number of nitrogens with zero attached hydrogens (tertiary/aromatic N) is 1. The van der Waals surface area contributed by atoms with E-state index >= 15 is 0 Å². The number of carbonyl (C=O) groups is 1. The van der Waals surface area contributed by atoms with E-state index < -0.39 is 0 Å². The molecule has 3 rings (SSSR count). The van der Waals surface area contributed by atoms with Crippen molar-refractivity contribution in [2.75, 3.05) is 4.90 Å². The molecule has 0 fully saturated rings. The van der Waals surface area contributed by atoms with E-state index in [0.29, 0.717) is 6.42 Å². The molecule has 2 aromatic rings. The van der Waals surface area contributed by atoms with Gasteiger partial charge in [0.15, 0.2) is 0 Å². The zero-order valence-corrected chi connectivity index (χ0v) is 13.0. The van der Waals surface area contributed by atoms with Crippen LogP contribution in [-0.4, -0.2) is 11.9 Å². The van der Waals surface area contributed by atoms with Gasteiger partial charge in [0.1, 0.15) is 0 Å². The monoisotopic (exact) mass is 335 g/mol. The summed E-state index contributed by atoms with van der Waals surface area (Å²) in [4.78, 5) is 15.6. The molecule has 0 spiro atoms. The summed E-state index contributed by atoms with van der Waals surface area (Å²) < 4.78 is 1.08. The van der Waals surface area contributed by atoms with Crippen molar-refractivity contribution in [2.24, 2.45) is 0 Å². The fraction of sp³-hybridized carbons (Fsp3) is 0.267. The van der Waals surface area contributed by atoms with E-state index in [1.54, 1.807) is 11.3 Å². The van der Waals surface area contributed by atoms with Crippen molar-refractivity contribution in [3.8, 4) is 0 Å². The summed E-state index contributed by atoms with van der Waals surface area (Å²) in [5, 5.41) is 2.01. The molecule has 0 aliphatic carbocycles. The normalized spacial score (nSPS) is 17.6. The highest BCUT2D eigenvalue weighted by atomic mass is 79.9. The van der Waals surface area contributed by atoms with E-state index in [4.69, 9.17) is 0 Å². The van der Waals surface area contributed by atoms with Crippen LogP contribution in [0.5, 0.6) is 0 Å². The molecule has 1 aliphatic heterocycles. The minimum atomic E-state index is 0.191. The minimum Gasteiger partial charge on any atom is -0.309 e. The van der Waals surface area contributed by atoms with Gasteiger partial charge in [-0.05, 0) is 48.6 Å². The van der Waals surface area contributed by atoms with E-state index in [1.165, 1.54) is 5.56 Å². The minimum absolute atomic E-state index is 0.191. The molecule has 0 radical (unpaired) electrons. The lowest BCUT2D eigenvalue weighted by Crippen LogP contribution is -2.36. The summed E-state index contributed by atoms with van der Waals surface area (Å²) in [6, 6.07) is 10.4. The highest BCUT2D eigenvalue weighted by molar-refractivity contribution is 9.10. The van der Waals surface area contributed by atoms with Crippen LogP contribution >= 0.6 is 27.3 Å². The van der Waals surface area contributed by atoms with Gasteiger partial charge in [-0.25, -0.2) is 0 Å². The lowest BCUT2D eigenvalue weighted by atomic mass is 10.1. The number of halogens is 1. The quantitative estimate of drug-likeness (QED) is 0.811. The van der Waals surface area contributed by atoms with Crippen molar-refractivity contribution in [3.05, 3.63) is 50.6 Å². The number of amides is 1. The summed E-state index contributed by atoms with van der Waals surface area (Å²) in [6.45, 7) is 2.11. The van der Waals surface area contributed by atoms with Gasteiger partial charge in [0.05, 0.1) is 6.42 Å². The smallest absolute Gasteiger partial charge is 0.232 e. The molecule has 1 aliphatic rings. The van der Waals surface area contributed by atoms with Crippen molar-refractivity contribution in [3.63, 3.8) is 0 Å². The Hall–Kier alpha value is -1.13. The molecule has 1 aromatic carbocycles. The first-order valence-corrected chi connectivity index (χ1v) is 7.95. The number of hydrogen-bond donors (Lipinski definition) is 0. The zero-order chi connectivity index (χ0) is 13.4. The Balaban J connectivity index is 1.87. The Morgan fingerprint density at radius 3 is 3.05 bits per heavy atom. The first-order valence-electron chi connectivity index (χ1n) is 6.28. The summed E-state index contributed by atoms with van der Waals surface area (Å²) in [5.41, 5.74) is 2.32. The van der Waals surface area contributed by atoms with Crippen LogP contribution in [0.25, 0.3) is 0 Å². The second-order valence-electron chi connectivity index (χ2n) is 4.85. The van der Waals surface area contributed by atoms with Gasteiger partial charge in [0.2, 0.25) is 5.91 Å². The van der Waals surface area contributed by atoms with E-state index in [9.17, 15) is 4.79 Å². The van der Waals surface area contributed by atoms with Gasteiger partial charge in [-0.15, -0.1) is 11.3 Å². The van der Waals surface area contributed by atoms with Crippen molar-refractivity contribution in [1.29, 1.82) is 0 Å². The first-order chi connectivity index (χ1) is 9.15. The first kappa shape index (κ1) is 12.9. The Bertz CT molecular complexity index is 609. The summed E-state index contributed by atoms with van der Waals surface area (Å²) >= 11 is 5.13. The summed E-state index contributed by atoms with van der Waals surface area (Å²) in [7, 11) is 0. The van der Waals surface area contributed by atoms with Gasteiger partial charge >= 0.3 is 0 Å². The third-order valence-electron chi connectivity index (χ3n) is 3.43. The Labute approximate surface area is 125 Å². The zero-order valence-electron chi connectivity index (χ0n) is 10.6. The molecule has 2 nitrogen and oxygen atoms in total. The molecule has 0 saturated carbocycles. The molecule has 1 amide bonds. The molecule has 0 saturated heterocycles. The highest BCUT2D eigenvalue weighted by Gasteiger charge is 2.30. The SMILES string of the molecule is C[C@@H]1Cc2cc(Br)ccc2N1C(=O)Cc1cccs1. The molecule has 1 aromatic heterocycles. The van der Waals surface area contributed by atoms with Gasteiger partial charge in [0, 0.05) is 21.1 Å². The van der Waals surface area contributed by atoms with Gasteiger partial charge in [-0.3, -0.25) is 4.79 Å². The lowest BCUT2D eigenvalue weighted by molar-refractivity contribution is -0.118. The second-order valence-corrected chi connectivity index (χ2v) is 6.79. The van der Waals surface area contributed by atoms with Crippen LogP contribution < -0.4 is 4.90 Å². The van der Waals surface area contributed by atoms with Crippen LogP contribution in [-0.2, 0) is 17.6 Å². The predicted molar refractivity (Wildman–Crippen MR) is 82.8 cm³/mol. The standard InChI is InChI=1S/C15H14BrNOS/c1-10-7-11-8-12(16)4-5-14(11)17(10)15(18)9-13-3-2-6-19-13/h2-6,8,10H,7,9H2,1H3/t10-/m1/s1. The maximum Gasteiger partial charge on any atom is 0.232 e. The van der Waals surface area contributed by atoms with Crippen LogP contribution in [0.4, 0.5) is 5.69 Å². The predicted octanol–water partition coefficient (Wildman–Crippen LogP) is 4.03. The maximum atomic E-state index is 12.5. The van der Waals surface area contributed by atoms with Gasteiger partial charge in [-0.1, -0.05) is 22.0 Å². The van der Waals surface area contributed by atoms with Gasteiger partial charge in [-0.2, -0.15) is 0 Å². The largest absolute Gasteiger partial charge is 0.309 e. The summed E-state index contributed by atoms with van der Waals surface area (Å²) in [6.07, 6.45) is 1.43. The van der Waals surface area contributed by atoms with E-state index in [1.807, 2.05) is 34.5 Å². The average molecular weight is 336 g/mol. The second kappa shape index (κ2) is 5.10. The summed E-state index contributed by atoms with van der Waals surface area (Å²) in [5.74, 6) is 0.191. The molecule has 1 atom stereocenters. The van der Waals surface area contributed by atoms with Crippen molar-refractivity contribution >= 4 is 38.9 Å². The third-order valence-corrected chi connectivity index (χ3v) is 4.80. The number of thiophene rings is 1. The topological polar surface area (TPSA) is 20.3 Å². The van der Waals surface area contributed by atoms with Crippen molar-refractivity contribution in [2.45, 2.75) is 25.8 Å². The average Bonchev–Trinajstić information content (AvgIpc) is 2.95. The lowest BCUT2D eigenvalue weighted by Gasteiger charge is -2.22. The van der Waals surface area contributed by atoms with E-state index in [0.717, 1.165) is 21.5 Å².